The zero-order valence-electron chi connectivity index (χ0n) is 18.7. The Bertz CT molecular complexity index is 1440. The van der Waals surface area contributed by atoms with Gasteiger partial charge in [0.15, 0.2) is 0 Å². The molecule has 0 saturated heterocycles. The highest BCUT2D eigenvalue weighted by Gasteiger charge is 2.22. The summed E-state index contributed by atoms with van der Waals surface area (Å²) in [6.45, 7) is 3.51. The topological polar surface area (TPSA) is 86.0 Å². The molecule has 0 fully saturated rings. The summed E-state index contributed by atoms with van der Waals surface area (Å²) in [7, 11) is 0. The van der Waals surface area contributed by atoms with Crippen LogP contribution < -0.4 is 16.6 Å². The van der Waals surface area contributed by atoms with E-state index in [0.29, 0.717) is 11.3 Å². The van der Waals surface area contributed by atoms with E-state index in [1.807, 2.05) is 43.3 Å². The molecule has 8 heteroatoms. The number of carbonyl (C=O) groups is 1. The van der Waals surface area contributed by atoms with E-state index in [4.69, 9.17) is 0 Å². The smallest absolute Gasteiger partial charge is 0.344 e. The van der Waals surface area contributed by atoms with Gasteiger partial charge in [0.05, 0.1) is 18.3 Å². The van der Waals surface area contributed by atoms with Crippen LogP contribution >= 0.6 is 0 Å². The number of carbonyl (C=O) groups excluding carboxylic acids is 1. The molecule has 7 nitrogen and oxygen atoms in total. The highest BCUT2D eigenvalue weighted by Crippen LogP contribution is 2.12. The zero-order chi connectivity index (χ0) is 24.2. The monoisotopic (exact) mass is 458 g/mol. The molecule has 0 spiro atoms. The molecule has 4 rings (SSSR count). The summed E-state index contributed by atoms with van der Waals surface area (Å²) in [5.41, 5.74) is 0.755. The maximum absolute atomic E-state index is 13.3. The molecule has 0 saturated carbocycles. The van der Waals surface area contributed by atoms with Crippen LogP contribution in [0.3, 0.4) is 0 Å². The Morgan fingerprint density at radius 1 is 1.00 bits per heavy atom. The highest BCUT2D eigenvalue weighted by atomic mass is 19.1. The largest absolute Gasteiger partial charge is 0.352 e. The number of halogens is 1. The molecule has 0 bridgehead atoms. The molecular formula is C26H23FN4O3. The first-order valence-electron chi connectivity index (χ1n) is 10.7. The lowest BCUT2D eigenvalue weighted by molar-refractivity contribution is 0.0930. The van der Waals surface area contributed by atoms with Gasteiger partial charge in [-0.1, -0.05) is 54.6 Å². The van der Waals surface area contributed by atoms with Crippen LogP contribution in [0.2, 0.25) is 0 Å². The molecule has 1 heterocycles. The van der Waals surface area contributed by atoms with Crippen LogP contribution in [0.5, 0.6) is 0 Å². The third kappa shape index (κ3) is 4.85. The highest BCUT2D eigenvalue weighted by molar-refractivity contribution is 5.92. The Balaban J connectivity index is 1.81. The van der Waals surface area contributed by atoms with Crippen molar-refractivity contribution in [2.24, 2.45) is 0 Å². The summed E-state index contributed by atoms with van der Waals surface area (Å²) < 4.78 is 15.3. The number of nitrogens with zero attached hydrogens (tertiary/aromatic N) is 3. The Hall–Kier alpha value is -4.33. The number of aryl methyl sites for hydroxylation is 1. The van der Waals surface area contributed by atoms with Crippen molar-refractivity contribution in [3.8, 4) is 5.69 Å². The van der Waals surface area contributed by atoms with Gasteiger partial charge in [-0.3, -0.25) is 14.2 Å². The minimum Gasteiger partial charge on any atom is -0.344 e. The van der Waals surface area contributed by atoms with Gasteiger partial charge in [0.2, 0.25) is 5.69 Å². The van der Waals surface area contributed by atoms with E-state index in [0.717, 1.165) is 20.4 Å². The number of aromatic nitrogens is 3. The fraction of sp³-hybridized carbons (Fsp3) is 0.154. The second-order valence-corrected chi connectivity index (χ2v) is 8.01. The lowest BCUT2D eigenvalue weighted by Gasteiger charge is -2.16. The quantitative estimate of drug-likeness (QED) is 0.480. The summed E-state index contributed by atoms with van der Waals surface area (Å²) in [5.74, 6) is -1.13. The molecule has 1 amide bonds. The third-order valence-corrected chi connectivity index (χ3v) is 5.42. The number of benzene rings is 3. The minimum absolute atomic E-state index is 0.138. The van der Waals surface area contributed by atoms with Gasteiger partial charge in [0, 0.05) is 0 Å². The van der Waals surface area contributed by atoms with Gasteiger partial charge in [-0.15, -0.1) is 0 Å². The molecular weight excluding hydrogens is 435 g/mol. The van der Waals surface area contributed by atoms with E-state index in [1.165, 1.54) is 24.3 Å². The number of hydrogen-bond acceptors (Lipinski definition) is 4. The Morgan fingerprint density at radius 3 is 2.38 bits per heavy atom. The van der Waals surface area contributed by atoms with Gasteiger partial charge in [-0.2, -0.15) is 9.78 Å². The normalized spacial score (nSPS) is 11.7. The molecule has 172 valence electrons. The average Bonchev–Trinajstić information content (AvgIpc) is 2.83. The molecule has 0 aliphatic heterocycles. The fourth-order valence-electron chi connectivity index (χ4n) is 3.59. The van der Waals surface area contributed by atoms with Gasteiger partial charge in [0.25, 0.3) is 11.5 Å². The van der Waals surface area contributed by atoms with Crippen molar-refractivity contribution in [3.63, 3.8) is 0 Å². The number of nitrogens with one attached hydrogen (secondary N) is 1. The van der Waals surface area contributed by atoms with Gasteiger partial charge in [-0.05, 0) is 54.8 Å². The molecule has 0 aliphatic carbocycles. The number of hydrogen-bond donors (Lipinski definition) is 1. The second kappa shape index (κ2) is 9.66. The van der Waals surface area contributed by atoms with Crippen molar-refractivity contribution in [2.75, 3.05) is 0 Å². The third-order valence-electron chi connectivity index (χ3n) is 5.42. The Morgan fingerprint density at radius 2 is 1.71 bits per heavy atom. The van der Waals surface area contributed by atoms with E-state index >= 15 is 0 Å². The first-order valence-corrected chi connectivity index (χ1v) is 10.7. The van der Waals surface area contributed by atoms with Crippen molar-refractivity contribution in [1.82, 2.24) is 19.7 Å². The van der Waals surface area contributed by atoms with Gasteiger partial charge < -0.3 is 5.32 Å². The van der Waals surface area contributed by atoms with E-state index in [2.05, 4.69) is 10.4 Å². The van der Waals surface area contributed by atoms with E-state index in [-0.39, 0.29) is 12.6 Å². The van der Waals surface area contributed by atoms with E-state index in [9.17, 15) is 18.8 Å². The van der Waals surface area contributed by atoms with Gasteiger partial charge >= 0.3 is 5.69 Å². The minimum atomic E-state index is -0.823. The molecule has 0 unspecified atom stereocenters. The maximum Gasteiger partial charge on any atom is 0.352 e. The zero-order valence-corrected chi connectivity index (χ0v) is 18.7. The van der Waals surface area contributed by atoms with E-state index < -0.39 is 28.7 Å². The standard InChI is InChI=1S/C26H23FN4O3/c1-17-7-6-10-22(15-17)31-26(34)30(16-19-11-13-21(27)14-12-19)25(33)23(29-31)24(32)28-18(2)20-8-4-3-5-9-20/h3-15,18H,16H2,1-2H3,(H,28,32)/t18-/m1/s1. The van der Waals surface area contributed by atoms with Crippen LogP contribution in [-0.4, -0.2) is 20.3 Å². The van der Waals surface area contributed by atoms with E-state index in [1.54, 1.807) is 25.1 Å². The lowest BCUT2D eigenvalue weighted by Crippen LogP contribution is -2.46. The Kier molecular flexibility index (Phi) is 6.49. The molecule has 4 aromatic rings. The molecule has 0 radical (unpaired) electrons. The van der Waals surface area contributed by atoms with Crippen molar-refractivity contribution in [1.29, 1.82) is 0 Å². The summed E-state index contributed by atoms with van der Waals surface area (Å²) >= 11 is 0. The van der Waals surface area contributed by atoms with Gasteiger partial charge in [-0.25, -0.2) is 9.18 Å². The maximum atomic E-state index is 13.3. The van der Waals surface area contributed by atoms with Crippen LogP contribution in [0.4, 0.5) is 4.39 Å². The Labute approximate surface area is 195 Å². The molecule has 34 heavy (non-hydrogen) atoms. The summed E-state index contributed by atoms with van der Waals surface area (Å²) in [5, 5.41) is 6.93. The van der Waals surface area contributed by atoms with Crippen molar-refractivity contribution in [2.45, 2.75) is 26.4 Å². The van der Waals surface area contributed by atoms with Crippen molar-refractivity contribution < 1.29 is 9.18 Å². The predicted molar refractivity (Wildman–Crippen MR) is 127 cm³/mol. The average molecular weight is 458 g/mol. The van der Waals surface area contributed by atoms with Gasteiger partial charge in [0.1, 0.15) is 5.82 Å². The summed E-state index contributed by atoms with van der Waals surface area (Å²) in [4.78, 5) is 39.6. The van der Waals surface area contributed by atoms with Crippen LogP contribution in [0.1, 0.15) is 40.1 Å². The summed E-state index contributed by atoms with van der Waals surface area (Å²) in [6.07, 6.45) is 0. The second-order valence-electron chi connectivity index (χ2n) is 8.01. The molecule has 1 aromatic heterocycles. The molecule has 1 N–H and O–H groups in total. The lowest BCUT2D eigenvalue weighted by atomic mass is 10.1. The first kappa shape index (κ1) is 22.8. The first-order chi connectivity index (χ1) is 16.3. The number of amides is 1. The van der Waals surface area contributed by atoms with Crippen LogP contribution in [-0.2, 0) is 6.54 Å². The SMILES string of the molecule is Cc1cccc(-n2nc(C(=O)N[C@H](C)c3ccccc3)c(=O)n(Cc3ccc(F)cc3)c2=O)c1. The molecule has 3 aromatic carbocycles. The number of rotatable bonds is 6. The molecule has 0 aliphatic rings. The summed E-state index contributed by atoms with van der Waals surface area (Å²) in [6, 6.07) is 21.4. The van der Waals surface area contributed by atoms with Crippen LogP contribution in [0.25, 0.3) is 5.69 Å². The van der Waals surface area contributed by atoms with Crippen LogP contribution in [0, 0.1) is 12.7 Å². The fourth-order valence-corrected chi connectivity index (χ4v) is 3.59. The molecule has 1 atom stereocenters. The van der Waals surface area contributed by atoms with Crippen molar-refractivity contribution in [3.05, 3.63) is 128 Å². The van der Waals surface area contributed by atoms with Crippen molar-refractivity contribution >= 4 is 5.91 Å². The predicted octanol–water partition coefficient (Wildman–Crippen LogP) is 3.38. The van der Waals surface area contributed by atoms with Crippen LogP contribution in [0.15, 0.2) is 88.5 Å².